The molecule has 0 aromatic carbocycles. The van der Waals surface area contributed by atoms with Gasteiger partial charge in [0.2, 0.25) is 0 Å². The van der Waals surface area contributed by atoms with Crippen molar-refractivity contribution in [2.75, 3.05) is 13.1 Å². The molecule has 1 heteroatoms. The molecule has 0 aliphatic rings. The predicted octanol–water partition coefficient (Wildman–Crippen LogP) is 3.60. The first-order valence-electron chi connectivity index (χ1n) is 6.49. The maximum absolute atomic E-state index is 5.20. The Morgan fingerprint density at radius 2 is 2.00 bits per heavy atom. The highest BCUT2D eigenvalue weighted by molar-refractivity contribution is 4.82. The SMILES string of the molecule is C#CCCCCNCC(CC)CCCC. The Bertz CT molecular complexity index is 157. The molecule has 1 atom stereocenters. The zero-order valence-corrected chi connectivity index (χ0v) is 10.5. The zero-order chi connectivity index (χ0) is 11.4. The fraction of sp³-hybridized carbons (Fsp3) is 0.857. The third-order valence-corrected chi connectivity index (χ3v) is 2.90. The van der Waals surface area contributed by atoms with E-state index < -0.39 is 0 Å². The molecule has 0 heterocycles. The second-order valence-electron chi connectivity index (χ2n) is 4.28. The molecule has 0 aliphatic carbocycles. The smallest absolute Gasteiger partial charge is 0.00865 e. The first-order valence-corrected chi connectivity index (χ1v) is 6.49. The van der Waals surface area contributed by atoms with Crippen molar-refractivity contribution in [1.82, 2.24) is 5.32 Å². The van der Waals surface area contributed by atoms with Gasteiger partial charge in [0.1, 0.15) is 0 Å². The summed E-state index contributed by atoms with van der Waals surface area (Å²) >= 11 is 0. The van der Waals surface area contributed by atoms with E-state index in [0.717, 1.165) is 25.3 Å². The van der Waals surface area contributed by atoms with Crippen LogP contribution in [-0.2, 0) is 0 Å². The van der Waals surface area contributed by atoms with Gasteiger partial charge in [-0.05, 0) is 38.3 Å². The van der Waals surface area contributed by atoms with Gasteiger partial charge in [-0.1, -0.05) is 33.1 Å². The van der Waals surface area contributed by atoms with E-state index in [1.54, 1.807) is 0 Å². The highest BCUT2D eigenvalue weighted by Crippen LogP contribution is 2.11. The predicted molar refractivity (Wildman–Crippen MR) is 68.9 cm³/mol. The van der Waals surface area contributed by atoms with E-state index in [9.17, 15) is 0 Å². The van der Waals surface area contributed by atoms with E-state index in [4.69, 9.17) is 6.42 Å². The average molecular weight is 209 g/mol. The van der Waals surface area contributed by atoms with Crippen LogP contribution in [0.2, 0.25) is 0 Å². The number of hydrogen-bond acceptors (Lipinski definition) is 1. The van der Waals surface area contributed by atoms with Crippen LogP contribution in [0, 0.1) is 18.3 Å². The number of unbranched alkanes of at least 4 members (excludes halogenated alkanes) is 3. The number of rotatable bonds is 10. The second kappa shape index (κ2) is 11.6. The van der Waals surface area contributed by atoms with E-state index in [-0.39, 0.29) is 0 Å². The standard InChI is InChI=1S/C14H27N/c1-4-7-9-10-12-15-13-14(6-3)11-8-5-2/h1,14-15H,5-13H2,2-3H3. The van der Waals surface area contributed by atoms with Crippen molar-refractivity contribution in [3.05, 3.63) is 0 Å². The van der Waals surface area contributed by atoms with Gasteiger partial charge in [-0.2, -0.15) is 0 Å². The molecule has 0 amide bonds. The third-order valence-electron chi connectivity index (χ3n) is 2.90. The highest BCUT2D eigenvalue weighted by atomic mass is 14.8. The summed E-state index contributed by atoms with van der Waals surface area (Å²) in [5.74, 6) is 3.55. The van der Waals surface area contributed by atoms with Crippen LogP contribution in [0.1, 0.15) is 58.8 Å². The van der Waals surface area contributed by atoms with E-state index in [1.165, 1.54) is 38.6 Å². The molecular weight excluding hydrogens is 182 g/mol. The van der Waals surface area contributed by atoms with Crippen LogP contribution in [0.4, 0.5) is 0 Å². The summed E-state index contributed by atoms with van der Waals surface area (Å²) < 4.78 is 0. The Hall–Kier alpha value is -0.480. The topological polar surface area (TPSA) is 12.0 Å². The molecule has 0 spiro atoms. The van der Waals surface area contributed by atoms with Crippen LogP contribution >= 0.6 is 0 Å². The van der Waals surface area contributed by atoms with Gasteiger partial charge in [-0.3, -0.25) is 0 Å². The van der Waals surface area contributed by atoms with Crippen molar-refractivity contribution in [2.45, 2.75) is 58.8 Å². The molecule has 1 nitrogen and oxygen atoms in total. The zero-order valence-electron chi connectivity index (χ0n) is 10.5. The minimum atomic E-state index is 0.873. The van der Waals surface area contributed by atoms with E-state index in [2.05, 4.69) is 25.1 Å². The van der Waals surface area contributed by atoms with Crippen LogP contribution in [0.5, 0.6) is 0 Å². The summed E-state index contributed by atoms with van der Waals surface area (Å²) in [6.45, 7) is 6.87. The van der Waals surface area contributed by atoms with Crippen molar-refractivity contribution in [3.8, 4) is 12.3 Å². The lowest BCUT2D eigenvalue weighted by atomic mass is 9.99. The molecule has 0 saturated heterocycles. The Labute approximate surface area is 96.0 Å². The second-order valence-corrected chi connectivity index (χ2v) is 4.28. The molecule has 0 fully saturated rings. The first kappa shape index (κ1) is 14.5. The van der Waals surface area contributed by atoms with Crippen LogP contribution in [-0.4, -0.2) is 13.1 Å². The van der Waals surface area contributed by atoms with Gasteiger partial charge < -0.3 is 5.32 Å². The normalized spacial score (nSPS) is 12.3. The molecule has 0 aromatic rings. The lowest BCUT2D eigenvalue weighted by molar-refractivity contribution is 0.417. The Morgan fingerprint density at radius 3 is 2.60 bits per heavy atom. The summed E-state index contributed by atoms with van der Waals surface area (Å²) in [6, 6.07) is 0. The summed E-state index contributed by atoms with van der Waals surface area (Å²) in [4.78, 5) is 0. The monoisotopic (exact) mass is 209 g/mol. The Kier molecular flexibility index (Phi) is 11.2. The summed E-state index contributed by atoms with van der Waals surface area (Å²) in [5, 5.41) is 3.54. The summed E-state index contributed by atoms with van der Waals surface area (Å²) in [7, 11) is 0. The van der Waals surface area contributed by atoms with Crippen molar-refractivity contribution in [2.24, 2.45) is 5.92 Å². The Balaban J connectivity index is 3.27. The van der Waals surface area contributed by atoms with Crippen molar-refractivity contribution >= 4 is 0 Å². The van der Waals surface area contributed by atoms with Crippen molar-refractivity contribution in [3.63, 3.8) is 0 Å². The summed E-state index contributed by atoms with van der Waals surface area (Å²) in [5.41, 5.74) is 0. The van der Waals surface area contributed by atoms with Crippen LogP contribution in [0.3, 0.4) is 0 Å². The van der Waals surface area contributed by atoms with Gasteiger partial charge in [0.25, 0.3) is 0 Å². The number of terminal acetylenes is 1. The maximum Gasteiger partial charge on any atom is 0.00865 e. The number of nitrogens with one attached hydrogen (secondary N) is 1. The van der Waals surface area contributed by atoms with Crippen molar-refractivity contribution < 1.29 is 0 Å². The minimum absolute atomic E-state index is 0.873. The van der Waals surface area contributed by atoms with E-state index in [1.807, 2.05) is 0 Å². The van der Waals surface area contributed by atoms with Crippen LogP contribution in [0.15, 0.2) is 0 Å². The number of hydrogen-bond donors (Lipinski definition) is 1. The van der Waals surface area contributed by atoms with Crippen LogP contribution < -0.4 is 5.32 Å². The maximum atomic E-state index is 5.20. The van der Waals surface area contributed by atoms with Gasteiger partial charge in [0.15, 0.2) is 0 Å². The molecule has 15 heavy (non-hydrogen) atoms. The summed E-state index contributed by atoms with van der Waals surface area (Å²) in [6.07, 6.45) is 13.9. The van der Waals surface area contributed by atoms with Crippen molar-refractivity contribution in [1.29, 1.82) is 0 Å². The average Bonchev–Trinajstić information content (AvgIpc) is 2.27. The van der Waals surface area contributed by atoms with Gasteiger partial charge in [-0.25, -0.2) is 0 Å². The molecule has 0 bridgehead atoms. The van der Waals surface area contributed by atoms with Crippen LogP contribution in [0.25, 0.3) is 0 Å². The third kappa shape index (κ3) is 9.82. The first-order chi connectivity index (χ1) is 7.35. The largest absolute Gasteiger partial charge is 0.316 e. The molecule has 0 saturated carbocycles. The van der Waals surface area contributed by atoms with Gasteiger partial charge >= 0.3 is 0 Å². The molecule has 88 valence electrons. The molecular formula is C14H27N. The fourth-order valence-electron chi connectivity index (χ4n) is 1.73. The van der Waals surface area contributed by atoms with Gasteiger partial charge in [-0.15, -0.1) is 12.3 Å². The van der Waals surface area contributed by atoms with Gasteiger partial charge in [0, 0.05) is 6.42 Å². The lowest BCUT2D eigenvalue weighted by Crippen LogP contribution is -2.23. The molecule has 1 unspecified atom stereocenters. The quantitative estimate of drug-likeness (QED) is 0.428. The molecule has 1 N–H and O–H groups in total. The minimum Gasteiger partial charge on any atom is -0.316 e. The molecule has 0 rings (SSSR count). The highest BCUT2D eigenvalue weighted by Gasteiger charge is 2.04. The van der Waals surface area contributed by atoms with E-state index >= 15 is 0 Å². The Morgan fingerprint density at radius 1 is 1.20 bits per heavy atom. The molecule has 0 aliphatic heterocycles. The fourth-order valence-corrected chi connectivity index (χ4v) is 1.73. The van der Waals surface area contributed by atoms with Gasteiger partial charge in [0.05, 0.1) is 0 Å². The molecule has 0 aromatic heterocycles. The lowest BCUT2D eigenvalue weighted by Gasteiger charge is -2.14. The van der Waals surface area contributed by atoms with E-state index in [0.29, 0.717) is 0 Å². The molecule has 0 radical (unpaired) electrons.